The molecule has 0 aliphatic heterocycles. The van der Waals surface area contributed by atoms with E-state index >= 15 is 0 Å². The van der Waals surface area contributed by atoms with Crippen LogP contribution in [0.3, 0.4) is 0 Å². The zero-order valence-electron chi connectivity index (χ0n) is 8.47. The van der Waals surface area contributed by atoms with Gasteiger partial charge in [-0.15, -0.1) is 0 Å². The number of hydrogen-bond donors (Lipinski definition) is 1. The fraction of sp³-hybridized carbons (Fsp3) is 0.250. The fourth-order valence-corrected chi connectivity index (χ4v) is 1.48. The molecule has 1 aromatic heterocycles. The number of nitrogens with two attached hydrogens (primary N) is 1. The highest BCUT2D eigenvalue weighted by Gasteiger charge is 2.07. The van der Waals surface area contributed by atoms with Gasteiger partial charge in [-0.2, -0.15) is 0 Å². The van der Waals surface area contributed by atoms with Gasteiger partial charge in [0.15, 0.2) is 11.6 Å². The van der Waals surface area contributed by atoms with Gasteiger partial charge in [-0.3, -0.25) is 0 Å². The fourth-order valence-electron chi connectivity index (χ4n) is 1.48. The predicted molar refractivity (Wildman–Crippen MR) is 60.5 cm³/mol. The molecule has 15 heavy (non-hydrogen) atoms. The molecule has 1 heterocycles. The zero-order valence-corrected chi connectivity index (χ0v) is 8.47. The minimum absolute atomic E-state index is 0.439. The first-order chi connectivity index (χ1) is 7.36. The van der Waals surface area contributed by atoms with E-state index in [1.54, 1.807) is 6.20 Å². The summed E-state index contributed by atoms with van der Waals surface area (Å²) in [5, 5.41) is 0. The number of nitrogens with zero attached hydrogens (tertiary/aromatic N) is 1. The van der Waals surface area contributed by atoms with E-state index in [0.29, 0.717) is 24.1 Å². The van der Waals surface area contributed by atoms with E-state index < -0.39 is 0 Å². The minimum Gasteiger partial charge on any atom is -0.489 e. The van der Waals surface area contributed by atoms with Crippen LogP contribution in [0.5, 0.6) is 5.75 Å². The highest BCUT2D eigenvalue weighted by atomic mass is 16.5. The topological polar surface area (TPSA) is 48.1 Å². The maximum Gasteiger partial charge on any atom is 0.166 e. The Hall–Kier alpha value is -1.77. The van der Waals surface area contributed by atoms with Gasteiger partial charge in [-0.05, 0) is 18.6 Å². The molecule has 0 amide bonds. The number of hydrogen-bond acceptors (Lipinski definition) is 3. The minimum atomic E-state index is 0.439. The molecule has 1 aromatic rings. The van der Waals surface area contributed by atoms with Crippen molar-refractivity contribution in [3.63, 3.8) is 0 Å². The molecule has 0 aromatic carbocycles. The molecular weight excluding hydrogens is 188 g/mol. The van der Waals surface area contributed by atoms with Crippen LogP contribution in [0, 0.1) is 5.92 Å². The van der Waals surface area contributed by atoms with Crippen molar-refractivity contribution in [1.82, 2.24) is 4.98 Å². The lowest BCUT2D eigenvalue weighted by Gasteiger charge is -2.14. The van der Waals surface area contributed by atoms with E-state index in [-0.39, 0.29) is 0 Å². The molecule has 1 aliphatic rings. The van der Waals surface area contributed by atoms with Crippen molar-refractivity contribution >= 4 is 5.82 Å². The molecule has 3 nitrogen and oxygen atoms in total. The lowest BCUT2D eigenvalue weighted by atomic mass is 10.0. The van der Waals surface area contributed by atoms with Crippen LogP contribution in [-0.4, -0.2) is 11.6 Å². The number of allylic oxidation sites excluding steroid dienone is 3. The van der Waals surface area contributed by atoms with Gasteiger partial charge in [0.1, 0.15) is 0 Å². The first-order valence-electron chi connectivity index (χ1n) is 5.03. The van der Waals surface area contributed by atoms with Crippen LogP contribution in [0.25, 0.3) is 0 Å². The average Bonchev–Trinajstić information content (AvgIpc) is 2.29. The second-order valence-corrected chi connectivity index (χ2v) is 3.51. The summed E-state index contributed by atoms with van der Waals surface area (Å²) in [6.45, 7) is 0.650. The monoisotopic (exact) mass is 202 g/mol. The van der Waals surface area contributed by atoms with Gasteiger partial charge >= 0.3 is 0 Å². The van der Waals surface area contributed by atoms with Crippen LogP contribution < -0.4 is 10.5 Å². The van der Waals surface area contributed by atoms with Gasteiger partial charge in [-0.1, -0.05) is 24.3 Å². The molecule has 2 rings (SSSR count). The molecule has 0 fully saturated rings. The maximum absolute atomic E-state index is 5.67. The summed E-state index contributed by atoms with van der Waals surface area (Å²) < 4.78 is 5.60. The van der Waals surface area contributed by atoms with E-state index in [9.17, 15) is 0 Å². The molecule has 1 unspecified atom stereocenters. The Morgan fingerprint density at radius 2 is 2.40 bits per heavy atom. The van der Waals surface area contributed by atoms with Crippen molar-refractivity contribution in [1.29, 1.82) is 0 Å². The second kappa shape index (κ2) is 4.64. The quantitative estimate of drug-likeness (QED) is 0.817. The summed E-state index contributed by atoms with van der Waals surface area (Å²) in [6.07, 6.45) is 11.1. The van der Waals surface area contributed by atoms with Gasteiger partial charge in [-0.25, -0.2) is 4.98 Å². The summed E-state index contributed by atoms with van der Waals surface area (Å²) >= 11 is 0. The van der Waals surface area contributed by atoms with Crippen molar-refractivity contribution in [3.8, 4) is 5.75 Å². The van der Waals surface area contributed by atoms with Crippen LogP contribution in [-0.2, 0) is 0 Å². The van der Waals surface area contributed by atoms with Crippen molar-refractivity contribution in [3.05, 3.63) is 42.6 Å². The Labute approximate surface area is 89.3 Å². The van der Waals surface area contributed by atoms with Gasteiger partial charge in [0.25, 0.3) is 0 Å². The van der Waals surface area contributed by atoms with Gasteiger partial charge < -0.3 is 10.5 Å². The van der Waals surface area contributed by atoms with Crippen molar-refractivity contribution in [2.75, 3.05) is 12.3 Å². The molecule has 0 spiro atoms. The molecule has 2 N–H and O–H groups in total. The summed E-state index contributed by atoms with van der Waals surface area (Å²) in [5.41, 5.74) is 5.67. The van der Waals surface area contributed by atoms with Gasteiger partial charge in [0, 0.05) is 12.1 Å². The highest BCUT2D eigenvalue weighted by Crippen LogP contribution is 2.19. The number of rotatable bonds is 3. The van der Waals surface area contributed by atoms with Crippen LogP contribution in [0.1, 0.15) is 6.42 Å². The van der Waals surface area contributed by atoms with Crippen LogP contribution >= 0.6 is 0 Å². The normalized spacial score (nSPS) is 19.1. The second-order valence-electron chi connectivity index (χ2n) is 3.51. The molecule has 0 saturated heterocycles. The molecule has 0 bridgehead atoms. The van der Waals surface area contributed by atoms with E-state index in [1.807, 2.05) is 18.2 Å². The van der Waals surface area contributed by atoms with Crippen LogP contribution in [0.15, 0.2) is 42.6 Å². The molecule has 1 atom stereocenters. The first kappa shape index (κ1) is 9.77. The number of anilines is 1. The number of ether oxygens (including phenoxy) is 1. The van der Waals surface area contributed by atoms with Gasteiger partial charge in [0.05, 0.1) is 6.61 Å². The third-order valence-electron chi connectivity index (χ3n) is 2.32. The molecule has 78 valence electrons. The summed E-state index contributed by atoms with van der Waals surface area (Å²) in [7, 11) is 0. The summed E-state index contributed by atoms with van der Waals surface area (Å²) in [6, 6.07) is 3.66. The Bertz CT molecular complexity index is 385. The molecule has 0 saturated carbocycles. The summed E-state index contributed by atoms with van der Waals surface area (Å²) in [4.78, 5) is 3.96. The Morgan fingerprint density at radius 1 is 1.47 bits per heavy atom. The smallest absolute Gasteiger partial charge is 0.166 e. The third-order valence-corrected chi connectivity index (χ3v) is 2.32. The SMILES string of the molecule is Nc1ncccc1OCC1C=CC=CC1. The van der Waals surface area contributed by atoms with Crippen molar-refractivity contribution < 1.29 is 4.74 Å². The molecular formula is C12H14N2O. The van der Waals surface area contributed by atoms with Crippen molar-refractivity contribution in [2.45, 2.75) is 6.42 Å². The maximum atomic E-state index is 5.67. The third kappa shape index (κ3) is 2.59. The van der Waals surface area contributed by atoms with E-state index in [4.69, 9.17) is 10.5 Å². The lowest BCUT2D eigenvalue weighted by Crippen LogP contribution is -2.11. The highest BCUT2D eigenvalue weighted by molar-refractivity contribution is 5.44. The molecule has 1 aliphatic carbocycles. The Morgan fingerprint density at radius 3 is 3.13 bits per heavy atom. The Balaban J connectivity index is 1.91. The van der Waals surface area contributed by atoms with Crippen LogP contribution in [0.4, 0.5) is 5.82 Å². The van der Waals surface area contributed by atoms with E-state index in [1.165, 1.54) is 0 Å². The van der Waals surface area contributed by atoms with E-state index in [2.05, 4.69) is 23.2 Å². The Kier molecular flexibility index (Phi) is 3.02. The molecule has 3 heteroatoms. The first-order valence-corrected chi connectivity index (χ1v) is 5.03. The largest absolute Gasteiger partial charge is 0.489 e. The van der Waals surface area contributed by atoms with E-state index in [0.717, 1.165) is 6.42 Å². The number of pyridine rings is 1. The van der Waals surface area contributed by atoms with Gasteiger partial charge in [0.2, 0.25) is 0 Å². The summed E-state index contributed by atoms with van der Waals surface area (Å²) in [5.74, 6) is 1.56. The predicted octanol–water partition coefficient (Wildman–Crippen LogP) is 2.17. The number of aromatic nitrogens is 1. The zero-order chi connectivity index (χ0) is 10.5. The lowest BCUT2D eigenvalue weighted by molar-refractivity contribution is 0.276. The molecule has 0 radical (unpaired) electrons. The average molecular weight is 202 g/mol. The number of nitrogen functional groups attached to an aromatic ring is 1. The van der Waals surface area contributed by atoms with Crippen molar-refractivity contribution in [2.24, 2.45) is 5.92 Å². The van der Waals surface area contributed by atoms with Crippen LogP contribution in [0.2, 0.25) is 0 Å². The standard InChI is InChI=1S/C12H14N2O/c13-12-11(7-4-8-14-12)15-9-10-5-2-1-3-6-10/h1-5,7-8,10H,6,9H2,(H2,13,14).